The van der Waals surface area contributed by atoms with Gasteiger partial charge in [0.1, 0.15) is 0 Å². The predicted octanol–water partition coefficient (Wildman–Crippen LogP) is -0.880. The minimum absolute atomic E-state index is 0.0474. The zero-order valence-corrected chi connectivity index (χ0v) is 8.71. The van der Waals surface area contributed by atoms with Crippen molar-refractivity contribution in [1.82, 2.24) is 10.6 Å². The van der Waals surface area contributed by atoms with Crippen LogP contribution in [0.3, 0.4) is 0 Å². The summed E-state index contributed by atoms with van der Waals surface area (Å²) < 4.78 is 0. The quantitative estimate of drug-likeness (QED) is 0.564. The van der Waals surface area contributed by atoms with Gasteiger partial charge >= 0.3 is 0 Å². The van der Waals surface area contributed by atoms with Gasteiger partial charge in [-0.2, -0.15) is 0 Å². The maximum Gasteiger partial charge on any atom is 0.227 e. The number of amides is 2. The van der Waals surface area contributed by atoms with Crippen LogP contribution in [0.4, 0.5) is 0 Å². The van der Waals surface area contributed by atoms with Gasteiger partial charge in [-0.15, -0.1) is 0 Å². The van der Waals surface area contributed by atoms with Crippen molar-refractivity contribution in [2.45, 2.75) is 31.7 Å². The van der Waals surface area contributed by atoms with E-state index >= 15 is 0 Å². The van der Waals surface area contributed by atoms with E-state index in [1.54, 1.807) is 0 Å². The van der Waals surface area contributed by atoms with E-state index in [9.17, 15) is 9.59 Å². The molecule has 2 rings (SSSR count). The average molecular weight is 211 g/mol. The molecular formula is C10H17N3O2. The van der Waals surface area contributed by atoms with E-state index in [0.717, 1.165) is 19.3 Å². The smallest absolute Gasteiger partial charge is 0.227 e. The van der Waals surface area contributed by atoms with Crippen molar-refractivity contribution in [2.24, 2.45) is 11.1 Å². The van der Waals surface area contributed by atoms with Gasteiger partial charge < -0.3 is 16.4 Å². The fourth-order valence-electron chi connectivity index (χ4n) is 1.91. The molecular weight excluding hydrogens is 194 g/mol. The summed E-state index contributed by atoms with van der Waals surface area (Å²) in [6, 6.07) is 0.107. The lowest BCUT2D eigenvalue weighted by molar-refractivity contribution is -0.126. The van der Waals surface area contributed by atoms with Crippen molar-refractivity contribution in [1.29, 1.82) is 0 Å². The van der Waals surface area contributed by atoms with Gasteiger partial charge in [0.2, 0.25) is 11.8 Å². The van der Waals surface area contributed by atoms with E-state index in [1.165, 1.54) is 0 Å². The standard InChI is InChI=1S/C10H17N3O2/c11-6-10(3-4-10)9(15)12-5-7-1-2-8(14)13-7/h7H,1-6,11H2,(H,12,15)(H,13,14). The van der Waals surface area contributed by atoms with Gasteiger partial charge in [0.05, 0.1) is 5.41 Å². The number of rotatable bonds is 4. The summed E-state index contributed by atoms with van der Waals surface area (Å²) in [5.74, 6) is 0.125. The highest BCUT2D eigenvalue weighted by Gasteiger charge is 2.48. The SMILES string of the molecule is NCC1(C(=O)NCC2CCC(=O)N2)CC1. The van der Waals surface area contributed by atoms with Crippen molar-refractivity contribution in [3.05, 3.63) is 0 Å². The Labute approximate surface area is 88.8 Å². The Morgan fingerprint density at radius 3 is 2.80 bits per heavy atom. The Morgan fingerprint density at radius 2 is 2.33 bits per heavy atom. The molecule has 5 nitrogen and oxygen atoms in total. The Kier molecular flexibility index (Phi) is 2.65. The fraction of sp³-hybridized carbons (Fsp3) is 0.800. The Hall–Kier alpha value is -1.10. The lowest BCUT2D eigenvalue weighted by atomic mass is 10.1. The molecule has 2 fully saturated rings. The zero-order valence-electron chi connectivity index (χ0n) is 8.71. The Bertz CT molecular complexity index is 286. The molecule has 0 radical (unpaired) electrons. The number of hydrogen-bond acceptors (Lipinski definition) is 3. The molecule has 0 aromatic carbocycles. The fourth-order valence-corrected chi connectivity index (χ4v) is 1.91. The second-order valence-corrected chi connectivity index (χ2v) is 4.50. The van der Waals surface area contributed by atoms with Crippen molar-refractivity contribution < 1.29 is 9.59 Å². The molecule has 1 atom stereocenters. The van der Waals surface area contributed by atoms with E-state index in [-0.39, 0.29) is 23.3 Å². The molecule has 1 saturated carbocycles. The van der Waals surface area contributed by atoms with Crippen molar-refractivity contribution in [2.75, 3.05) is 13.1 Å². The van der Waals surface area contributed by atoms with Gasteiger partial charge in [0.15, 0.2) is 0 Å². The van der Waals surface area contributed by atoms with Crippen molar-refractivity contribution >= 4 is 11.8 Å². The van der Waals surface area contributed by atoms with E-state index in [0.29, 0.717) is 19.5 Å². The van der Waals surface area contributed by atoms with Gasteiger partial charge in [-0.3, -0.25) is 9.59 Å². The number of hydrogen-bond donors (Lipinski definition) is 3. The second kappa shape index (κ2) is 3.81. The summed E-state index contributed by atoms with van der Waals surface area (Å²) in [5, 5.41) is 5.68. The van der Waals surface area contributed by atoms with Gasteiger partial charge in [-0.1, -0.05) is 0 Å². The van der Waals surface area contributed by atoms with Crippen LogP contribution in [-0.4, -0.2) is 30.9 Å². The molecule has 1 heterocycles. The maximum absolute atomic E-state index is 11.7. The molecule has 0 aromatic rings. The van der Waals surface area contributed by atoms with Gasteiger partial charge in [0, 0.05) is 25.6 Å². The third-order valence-electron chi connectivity index (χ3n) is 3.32. The largest absolute Gasteiger partial charge is 0.354 e. The highest BCUT2D eigenvalue weighted by atomic mass is 16.2. The molecule has 0 aromatic heterocycles. The highest BCUT2D eigenvalue weighted by molar-refractivity contribution is 5.85. The third-order valence-corrected chi connectivity index (χ3v) is 3.32. The zero-order chi connectivity index (χ0) is 10.9. The lowest BCUT2D eigenvalue weighted by Crippen LogP contribution is -2.43. The average Bonchev–Trinajstić information content (AvgIpc) is 2.93. The number of carbonyl (C=O) groups is 2. The number of nitrogens with two attached hydrogens (primary N) is 1. The molecule has 84 valence electrons. The number of carbonyl (C=O) groups excluding carboxylic acids is 2. The molecule has 1 saturated heterocycles. The molecule has 1 aliphatic carbocycles. The predicted molar refractivity (Wildman–Crippen MR) is 54.9 cm³/mol. The molecule has 0 bridgehead atoms. The Balaban J connectivity index is 1.74. The number of nitrogens with one attached hydrogen (secondary N) is 2. The van der Waals surface area contributed by atoms with Crippen LogP contribution in [0.15, 0.2) is 0 Å². The highest BCUT2D eigenvalue weighted by Crippen LogP contribution is 2.44. The van der Waals surface area contributed by atoms with Crippen LogP contribution >= 0.6 is 0 Å². The van der Waals surface area contributed by atoms with Gasteiger partial charge in [-0.05, 0) is 19.3 Å². The lowest BCUT2D eigenvalue weighted by Gasteiger charge is -2.15. The molecule has 0 spiro atoms. The molecule has 15 heavy (non-hydrogen) atoms. The van der Waals surface area contributed by atoms with Crippen LogP contribution in [0.5, 0.6) is 0 Å². The first-order chi connectivity index (χ1) is 7.16. The topological polar surface area (TPSA) is 84.2 Å². The van der Waals surface area contributed by atoms with Gasteiger partial charge in [-0.25, -0.2) is 0 Å². The van der Waals surface area contributed by atoms with Crippen LogP contribution in [0, 0.1) is 5.41 Å². The van der Waals surface area contributed by atoms with Crippen molar-refractivity contribution in [3.63, 3.8) is 0 Å². The minimum atomic E-state index is -0.289. The van der Waals surface area contributed by atoms with E-state index in [1.807, 2.05) is 0 Å². The molecule has 2 amide bonds. The maximum atomic E-state index is 11.7. The monoisotopic (exact) mass is 211 g/mol. The first kappa shape index (κ1) is 10.4. The second-order valence-electron chi connectivity index (χ2n) is 4.50. The Morgan fingerprint density at radius 1 is 1.60 bits per heavy atom. The van der Waals surface area contributed by atoms with E-state index < -0.39 is 0 Å². The van der Waals surface area contributed by atoms with Crippen LogP contribution in [0.25, 0.3) is 0 Å². The normalized spacial score (nSPS) is 27.3. The third kappa shape index (κ3) is 2.12. The van der Waals surface area contributed by atoms with Crippen LogP contribution in [0.1, 0.15) is 25.7 Å². The van der Waals surface area contributed by atoms with E-state index in [2.05, 4.69) is 10.6 Å². The molecule has 4 N–H and O–H groups in total. The first-order valence-corrected chi connectivity index (χ1v) is 5.44. The summed E-state index contributed by atoms with van der Waals surface area (Å²) in [7, 11) is 0. The summed E-state index contributed by atoms with van der Waals surface area (Å²) in [6.07, 6.45) is 3.18. The summed E-state index contributed by atoms with van der Waals surface area (Å²) >= 11 is 0. The summed E-state index contributed by atoms with van der Waals surface area (Å²) in [4.78, 5) is 22.6. The van der Waals surface area contributed by atoms with Crippen molar-refractivity contribution in [3.8, 4) is 0 Å². The summed E-state index contributed by atoms with van der Waals surface area (Å²) in [5.41, 5.74) is 5.26. The minimum Gasteiger partial charge on any atom is -0.354 e. The van der Waals surface area contributed by atoms with Crippen LogP contribution < -0.4 is 16.4 Å². The summed E-state index contributed by atoms with van der Waals surface area (Å²) in [6.45, 7) is 0.960. The van der Waals surface area contributed by atoms with Gasteiger partial charge in [0.25, 0.3) is 0 Å². The molecule has 1 unspecified atom stereocenters. The molecule has 2 aliphatic rings. The van der Waals surface area contributed by atoms with E-state index in [4.69, 9.17) is 5.73 Å². The molecule has 5 heteroatoms. The molecule has 1 aliphatic heterocycles. The van der Waals surface area contributed by atoms with Crippen LogP contribution in [-0.2, 0) is 9.59 Å². The van der Waals surface area contributed by atoms with Crippen LogP contribution in [0.2, 0.25) is 0 Å². The first-order valence-electron chi connectivity index (χ1n) is 5.44.